The van der Waals surface area contributed by atoms with Gasteiger partial charge in [0.15, 0.2) is 0 Å². The highest BCUT2D eigenvalue weighted by atomic mass is 16.5. The summed E-state index contributed by atoms with van der Waals surface area (Å²) in [5.74, 6) is 0.847. The standard InChI is InChI=1S/C20H24N2O4/c1-14-17(25-2)12-16(13-18(14)26-3)20(24)22-10-9-21-19(23)11-15-7-5-4-6-8-15/h4-8,12-13H,9-11H2,1-3H3,(H,21,23)(H,22,24). The second-order valence-corrected chi connectivity index (χ2v) is 5.77. The van der Waals surface area contributed by atoms with Crippen LogP contribution in [0.3, 0.4) is 0 Å². The highest BCUT2D eigenvalue weighted by molar-refractivity contribution is 5.95. The molecule has 0 aliphatic heterocycles. The zero-order valence-corrected chi connectivity index (χ0v) is 15.3. The predicted molar refractivity (Wildman–Crippen MR) is 99.8 cm³/mol. The lowest BCUT2D eigenvalue weighted by atomic mass is 10.1. The Hall–Kier alpha value is -3.02. The number of rotatable bonds is 8. The molecule has 0 heterocycles. The SMILES string of the molecule is COc1cc(C(=O)NCCNC(=O)Cc2ccccc2)cc(OC)c1C. The molecule has 138 valence electrons. The van der Waals surface area contributed by atoms with Gasteiger partial charge in [0.05, 0.1) is 20.6 Å². The van der Waals surface area contributed by atoms with Crippen molar-refractivity contribution >= 4 is 11.8 Å². The van der Waals surface area contributed by atoms with E-state index < -0.39 is 0 Å². The van der Waals surface area contributed by atoms with Gasteiger partial charge in [0.25, 0.3) is 5.91 Å². The largest absolute Gasteiger partial charge is 0.496 e. The van der Waals surface area contributed by atoms with E-state index in [1.165, 1.54) is 0 Å². The predicted octanol–water partition coefficient (Wildman–Crippen LogP) is 2.10. The average molecular weight is 356 g/mol. The molecule has 2 N–H and O–H groups in total. The van der Waals surface area contributed by atoms with Crippen molar-refractivity contribution in [2.45, 2.75) is 13.3 Å². The molecule has 2 amide bonds. The minimum atomic E-state index is -0.251. The monoisotopic (exact) mass is 356 g/mol. The quantitative estimate of drug-likeness (QED) is 0.710. The van der Waals surface area contributed by atoms with Gasteiger partial charge in [-0.25, -0.2) is 0 Å². The normalized spacial score (nSPS) is 10.1. The molecule has 2 aromatic carbocycles. The minimum Gasteiger partial charge on any atom is -0.496 e. The van der Waals surface area contributed by atoms with Crippen LogP contribution in [0.5, 0.6) is 11.5 Å². The van der Waals surface area contributed by atoms with Gasteiger partial charge in [-0.15, -0.1) is 0 Å². The van der Waals surface area contributed by atoms with E-state index in [1.54, 1.807) is 26.4 Å². The summed E-state index contributed by atoms with van der Waals surface area (Å²) in [6, 6.07) is 12.8. The summed E-state index contributed by atoms with van der Waals surface area (Å²) < 4.78 is 10.5. The topological polar surface area (TPSA) is 76.7 Å². The van der Waals surface area contributed by atoms with Crippen molar-refractivity contribution in [3.8, 4) is 11.5 Å². The van der Waals surface area contributed by atoms with Crippen molar-refractivity contribution in [2.24, 2.45) is 0 Å². The van der Waals surface area contributed by atoms with Gasteiger partial charge in [0.1, 0.15) is 11.5 Å². The van der Waals surface area contributed by atoms with Crippen LogP contribution in [0.1, 0.15) is 21.5 Å². The molecule has 0 aliphatic rings. The van der Waals surface area contributed by atoms with Crippen LogP contribution in [0, 0.1) is 6.92 Å². The molecule has 0 aliphatic carbocycles. The first-order chi connectivity index (χ1) is 12.5. The van der Waals surface area contributed by atoms with Gasteiger partial charge in [0.2, 0.25) is 5.91 Å². The smallest absolute Gasteiger partial charge is 0.251 e. The maximum Gasteiger partial charge on any atom is 0.251 e. The third-order valence-corrected chi connectivity index (χ3v) is 3.95. The van der Waals surface area contributed by atoms with Crippen molar-refractivity contribution in [1.29, 1.82) is 0 Å². The fourth-order valence-electron chi connectivity index (χ4n) is 2.54. The summed E-state index contributed by atoms with van der Waals surface area (Å²) >= 11 is 0. The third kappa shape index (κ3) is 5.24. The molecule has 0 radical (unpaired) electrons. The van der Waals surface area contributed by atoms with Crippen LogP contribution in [-0.4, -0.2) is 39.1 Å². The van der Waals surface area contributed by atoms with E-state index in [9.17, 15) is 9.59 Å². The first-order valence-electron chi connectivity index (χ1n) is 8.36. The molecule has 2 rings (SSSR count). The number of nitrogens with one attached hydrogen (secondary N) is 2. The molecule has 6 nitrogen and oxygen atoms in total. The van der Waals surface area contributed by atoms with Crippen LogP contribution >= 0.6 is 0 Å². The zero-order chi connectivity index (χ0) is 18.9. The Morgan fingerprint density at radius 1 is 0.923 bits per heavy atom. The number of amides is 2. The van der Waals surface area contributed by atoms with E-state index in [1.807, 2.05) is 37.3 Å². The molecular weight excluding hydrogens is 332 g/mol. The molecule has 0 saturated heterocycles. The highest BCUT2D eigenvalue weighted by Gasteiger charge is 2.13. The molecule has 0 bridgehead atoms. The number of carbonyl (C=O) groups is 2. The number of carbonyl (C=O) groups excluding carboxylic acids is 2. The molecule has 2 aromatic rings. The molecule has 0 aromatic heterocycles. The van der Waals surface area contributed by atoms with E-state index in [2.05, 4.69) is 10.6 Å². The van der Waals surface area contributed by atoms with Crippen LogP contribution in [0.25, 0.3) is 0 Å². The van der Waals surface area contributed by atoms with Crippen molar-refractivity contribution < 1.29 is 19.1 Å². The number of benzene rings is 2. The van der Waals surface area contributed by atoms with Crippen LogP contribution in [-0.2, 0) is 11.2 Å². The molecular formula is C20H24N2O4. The van der Waals surface area contributed by atoms with Gasteiger partial charge in [-0.3, -0.25) is 9.59 Å². The lowest BCUT2D eigenvalue weighted by molar-refractivity contribution is -0.120. The van der Waals surface area contributed by atoms with E-state index in [-0.39, 0.29) is 11.8 Å². The summed E-state index contributed by atoms with van der Waals surface area (Å²) in [6.45, 7) is 2.55. The molecule has 26 heavy (non-hydrogen) atoms. The Morgan fingerprint density at radius 3 is 2.08 bits per heavy atom. The fourth-order valence-corrected chi connectivity index (χ4v) is 2.54. The van der Waals surface area contributed by atoms with Crippen LogP contribution in [0.15, 0.2) is 42.5 Å². The summed E-state index contributed by atoms with van der Waals surface area (Å²) in [4.78, 5) is 24.2. The van der Waals surface area contributed by atoms with Gasteiger partial charge in [-0.2, -0.15) is 0 Å². The molecule has 0 unspecified atom stereocenters. The number of hydrogen-bond donors (Lipinski definition) is 2. The average Bonchev–Trinajstić information content (AvgIpc) is 2.66. The van der Waals surface area contributed by atoms with Gasteiger partial charge < -0.3 is 20.1 Å². The van der Waals surface area contributed by atoms with Crippen LogP contribution < -0.4 is 20.1 Å². The summed E-state index contributed by atoms with van der Waals surface area (Å²) in [5, 5.41) is 5.56. The minimum absolute atomic E-state index is 0.0795. The van der Waals surface area contributed by atoms with Crippen molar-refractivity contribution in [3.63, 3.8) is 0 Å². The number of ether oxygens (including phenoxy) is 2. The lowest BCUT2D eigenvalue weighted by Gasteiger charge is -2.13. The molecule has 0 atom stereocenters. The second-order valence-electron chi connectivity index (χ2n) is 5.77. The maximum atomic E-state index is 12.3. The number of methoxy groups -OCH3 is 2. The summed E-state index contributed by atoms with van der Waals surface area (Å²) in [6.07, 6.45) is 0.321. The van der Waals surface area contributed by atoms with E-state index in [0.29, 0.717) is 36.6 Å². The summed E-state index contributed by atoms with van der Waals surface area (Å²) in [5.41, 5.74) is 2.23. The molecule has 0 fully saturated rings. The van der Waals surface area contributed by atoms with Gasteiger partial charge in [-0.05, 0) is 24.6 Å². The van der Waals surface area contributed by atoms with Crippen molar-refractivity contribution in [1.82, 2.24) is 10.6 Å². The van der Waals surface area contributed by atoms with E-state index in [4.69, 9.17) is 9.47 Å². The van der Waals surface area contributed by atoms with Gasteiger partial charge in [0, 0.05) is 24.2 Å². The first kappa shape index (κ1) is 19.3. The highest BCUT2D eigenvalue weighted by Crippen LogP contribution is 2.29. The van der Waals surface area contributed by atoms with Crippen molar-refractivity contribution in [3.05, 3.63) is 59.2 Å². The van der Waals surface area contributed by atoms with Crippen LogP contribution in [0.4, 0.5) is 0 Å². The Morgan fingerprint density at radius 2 is 1.50 bits per heavy atom. The van der Waals surface area contributed by atoms with Crippen molar-refractivity contribution in [2.75, 3.05) is 27.3 Å². The Labute approximate surface area is 153 Å². The first-order valence-corrected chi connectivity index (χ1v) is 8.36. The van der Waals surface area contributed by atoms with Crippen LogP contribution in [0.2, 0.25) is 0 Å². The Kier molecular flexibility index (Phi) is 7.02. The zero-order valence-electron chi connectivity index (χ0n) is 15.3. The van der Waals surface area contributed by atoms with Gasteiger partial charge in [-0.1, -0.05) is 30.3 Å². The van der Waals surface area contributed by atoms with Gasteiger partial charge >= 0.3 is 0 Å². The fraction of sp³-hybridized carbons (Fsp3) is 0.300. The molecule has 0 saturated carbocycles. The maximum absolute atomic E-state index is 12.3. The Balaban J connectivity index is 1.82. The molecule has 0 spiro atoms. The Bertz CT molecular complexity index is 735. The number of hydrogen-bond acceptors (Lipinski definition) is 4. The lowest BCUT2D eigenvalue weighted by Crippen LogP contribution is -2.35. The molecule has 6 heteroatoms. The van der Waals surface area contributed by atoms with E-state index >= 15 is 0 Å². The summed E-state index contributed by atoms with van der Waals surface area (Å²) in [7, 11) is 3.09. The second kappa shape index (κ2) is 9.46. The third-order valence-electron chi connectivity index (χ3n) is 3.95. The van der Waals surface area contributed by atoms with E-state index in [0.717, 1.165) is 11.1 Å².